The Balaban J connectivity index is 1.68. The molecule has 5 nitrogen and oxygen atoms in total. The van der Waals surface area contributed by atoms with Gasteiger partial charge in [-0.2, -0.15) is 0 Å². The molecule has 1 aromatic carbocycles. The van der Waals surface area contributed by atoms with Gasteiger partial charge in [-0.05, 0) is 12.0 Å². The van der Waals surface area contributed by atoms with Crippen LogP contribution in [-0.4, -0.2) is 20.9 Å². The van der Waals surface area contributed by atoms with Crippen LogP contribution in [0, 0.1) is 0 Å². The van der Waals surface area contributed by atoms with Crippen molar-refractivity contribution in [3.8, 4) is 0 Å². The van der Waals surface area contributed by atoms with Crippen molar-refractivity contribution in [1.29, 1.82) is 0 Å². The lowest BCUT2D eigenvalue weighted by Gasteiger charge is -2.19. The number of rotatable bonds is 13. The summed E-state index contributed by atoms with van der Waals surface area (Å²) in [6.07, 6.45) is 14.9. The van der Waals surface area contributed by atoms with E-state index in [2.05, 4.69) is 22.6 Å². The zero-order chi connectivity index (χ0) is 18.5. The van der Waals surface area contributed by atoms with Gasteiger partial charge in [-0.1, -0.05) is 93.8 Å². The highest BCUT2D eigenvalue weighted by Gasteiger charge is 2.16. The van der Waals surface area contributed by atoms with Gasteiger partial charge >= 0.3 is 0 Å². The SMILES string of the molecule is CCCCCCCCCCCC(=O)NC(c1ccccc1)n1ccnn1. The Morgan fingerprint density at radius 1 is 1.00 bits per heavy atom. The molecule has 5 heteroatoms. The summed E-state index contributed by atoms with van der Waals surface area (Å²) in [5, 5.41) is 11.0. The van der Waals surface area contributed by atoms with Gasteiger partial charge in [-0.15, -0.1) is 5.10 Å². The molecule has 1 N–H and O–H groups in total. The minimum absolute atomic E-state index is 0.0669. The minimum atomic E-state index is -0.301. The van der Waals surface area contributed by atoms with Crippen LogP contribution in [0.3, 0.4) is 0 Å². The first-order valence-electron chi connectivity index (χ1n) is 10.0. The average Bonchev–Trinajstić information content (AvgIpc) is 3.20. The van der Waals surface area contributed by atoms with Crippen LogP contribution in [0.5, 0.6) is 0 Å². The van der Waals surface area contributed by atoms with Gasteiger partial charge in [0, 0.05) is 12.6 Å². The number of hydrogen-bond donors (Lipinski definition) is 1. The first-order chi connectivity index (χ1) is 12.8. The third-order valence-corrected chi connectivity index (χ3v) is 4.63. The van der Waals surface area contributed by atoms with Gasteiger partial charge in [0.15, 0.2) is 0 Å². The topological polar surface area (TPSA) is 59.8 Å². The summed E-state index contributed by atoms with van der Waals surface area (Å²) in [5.41, 5.74) is 0.999. The van der Waals surface area contributed by atoms with Crippen molar-refractivity contribution in [1.82, 2.24) is 20.3 Å². The zero-order valence-electron chi connectivity index (χ0n) is 15.9. The normalized spacial score (nSPS) is 12.0. The second-order valence-electron chi connectivity index (χ2n) is 6.84. The fourth-order valence-electron chi connectivity index (χ4n) is 3.11. The summed E-state index contributed by atoms with van der Waals surface area (Å²) in [6.45, 7) is 2.25. The Bertz CT molecular complexity index is 598. The minimum Gasteiger partial charge on any atom is -0.330 e. The molecule has 1 unspecified atom stereocenters. The van der Waals surface area contributed by atoms with Gasteiger partial charge in [0.2, 0.25) is 5.91 Å². The summed E-state index contributed by atoms with van der Waals surface area (Å²) >= 11 is 0. The number of unbranched alkanes of at least 4 members (excludes halogenated alkanes) is 8. The van der Waals surface area contributed by atoms with E-state index in [4.69, 9.17) is 0 Å². The van der Waals surface area contributed by atoms with Crippen LogP contribution in [0.1, 0.15) is 82.9 Å². The van der Waals surface area contributed by atoms with E-state index < -0.39 is 0 Å². The Labute approximate surface area is 157 Å². The van der Waals surface area contributed by atoms with E-state index >= 15 is 0 Å². The third kappa shape index (κ3) is 7.38. The summed E-state index contributed by atoms with van der Waals surface area (Å²) in [6, 6.07) is 9.88. The maximum absolute atomic E-state index is 12.4. The molecule has 0 aliphatic rings. The van der Waals surface area contributed by atoms with Gasteiger partial charge in [0.25, 0.3) is 0 Å². The summed E-state index contributed by atoms with van der Waals surface area (Å²) < 4.78 is 1.68. The molecule has 0 aliphatic heterocycles. The first-order valence-corrected chi connectivity index (χ1v) is 10.0. The largest absolute Gasteiger partial charge is 0.330 e. The second kappa shape index (κ2) is 12.2. The third-order valence-electron chi connectivity index (χ3n) is 4.63. The van der Waals surface area contributed by atoms with Crippen LogP contribution in [-0.2, 0) is 4.79 Å². The van der Waals surface area contributed by atoms with Crippen molar-refractivity contribution >= 4 is 5.91 Å². The predicted molar refractivity (Wildman–Crippen MR) is 105 cm³/mol. The second-order valence-corrected chi connectivity index (χ2v) is 6.84. The maximum Gasteiger partial charge on any atom is 0.221 e. The highest BCUT2D eigenvalue weighted by molar-refractivity contribution is 5.76. The Kier molecular flexibility index (Phi) is 9.47. The molecule has 0 aliphatic carbocycles. The summed E-state index contributed by atoms with van der Waals surface area (Å²) in [5.74, 6) is 0.0669. The highest BCUT2D eigenvalue weighted by atomic mass is 16.1. The van der Waals surface area contributed by atoms with E-state index in [0.717, 1.165) is 18.4 Å². The number of carbonyl (C=O) groups excluding carboxylic acids is 1. The molecule has 1 heterocycles. The first kappa shape index (κ1) is 20.1. The van der Waals surface area contributed by atoms with Crippen molar-refractivity contribution in [3.63, 3.8) is 0 Å². The van der Waals surface area contributed by atoms with Crippen LogP contribution in [0.2, 0.25) is 0 Å². The fourth-order valence-corrected chi connectivity index (χ4v) is 3.11. The van der Waals surface area contributed by atoms with Gasteiger partial charge in [-0.3, -0.25) is 4.79 Å². The average molecular weight is 357 g/mol. The van der Waals surface area contributed by atoms with E-state index in [-0.39, 0.29) is 12.1 Å². The van der Waals surface area contributed by atoms with Gasteiger partial charge in [-0.25, -0.2) is 4.68 Å². The van der Waals surface area contributed by atoms with Crippen molar-refractivity contribution in [2.45, 2.75) is 77.3 Å². The van der Waals surface area contributed by atoms with Crippen LogP contribution < -0.4 is 5.32 Å². The van der Waals surface area contributed by atoms with Crippen molar-refractivity contribution < 1.29 is 4.79 Å². The standard InChI is InChI=1S/C21H32N4O/c1-2-3-4-5-6-7-8-9-13-16-20(26)23-21(25-18-17-22-24-25)19-14-11-10-12-15-19/h10-12,14-15,17-18,21H,2-9,13,16H2,1H3,(H,23,26). The highest BCUT2D eigenvalue weighted by Crippen LogP contribution is 2.15. The number of benzene rings is 1. The molecule has 142 valence electrons. The molecule has 1 atom stereocenters. The summed E-state index contributed by atoms with van der Waals surface area (Å²) in [7, 11) is 0. The molecule has 2 aromatic rings. The lowest BCUT2D eigenvalue weighted by atomic mass is 10.1. The molecule has 0 saturated heterocycles. The van der Waals surface area contributed by atoms with Crippen LogP contribution >= 0.6 is 0 Å². The van der Waals surface area contributed by atoms with Gasteiger partial charge < -0.3 is 5.32 Å². The molecule has 0 radical (unpaired) electrons. The molecule has 26 heavy (non-hydrogen) atoms. The van der Waals surface area contributed by atoms with E-state index in [9.17, 15) is 4.79 Å². The molecular formula is C21H32N4O. The van der Waals surface area contributed by atoms with Gasteiger partial charge in [0.05, 0.1) is 6.20 Å². The van der Waals surface area contributed by atoms with Crippen molar-refractivity contribution in [2.24, 2.45) is 0 Å². The van der Waals surface area contributed by atoms with E-state index in [1.807, 2.05) is 30.3 Å². The van der Waals surface area contributed by atoms with E-state index in [1.165, 1.54) is 44.9 Å². The van der Waals surface area contributed by atoms with Crippen LogP contribution in [0.15, 0.2) is 42.7 Å². The number of aromatic nitrogens is 3. The number of amides is 1. The van der Waals surface area contributed by atoms with Crippen LogP contribution in [0.4, 0.5) is 0 Å². The zero-order valence-corrected chi connectivity index (χ0v) is 15.9. The molecular weight excluding hydrogens is 324 g/mol. The molecule has 0 fully saturated rings. The molecule has 0 saturated carbocycles. The van der Waals surface area contributed by atoms with Crippen LogP contribution in [0.25, 0.3) is 0 Å². The number of carbonyl (C=O) groups is 1. The Morgan fingerprint density at radius 2 is 1.65 bits per heavy atom. The summed E-state index contributed by atoms with van der Waals surface area (Å²) in [4.78, 5) is 12.4. The molecule has 2 rings (SSSR count). The van der Waals surface area contributed by atoms with E-state index in [0.29, 0.717) is 6.42 Å². The number of hydrogen-bond acceptors (Lipinski definition) is 3. The Hall–Kier alpha value is -2.17. The monoisotopic (exact) mass is 356 g/mol. The molecule has 1 amide bonds. The predicted octanol–water partition coefficient (Wildman–Crippen LogP) is 4.86. The van der Waals surface area contributed by atoms with Gasteiger partial charge in [0.1, 0.15) is 6.17 Å². The van der Waals surface area contributed by atoms with Crippen molar-refractivity contribution in [2.75, 3.05) is 0 Å². The number of nitrogens with one attached hydrogen (secondary N) is 1. The maximum atomic E-state index is 12.4. The molecule has 0 bridgehead atoms. The lowest BCUT2D eigenvalue weighted by Crippen LogP contribution is -2.33. The van der Waals surface area contributed by atoms with Crippen molar-refractivity contribution in [3.05, 3.63) is 48.3 Å². The number of nitrogens with zero attached hydrogens (tertiary/aromatic N) is 3. The Morgan fingerprint density at radius 3 is 2.27 bits per heavy atom. The quantitative estimate of drug-likeness (QED) is 0.521. The molecule has 1 aromatic heterocycles. The fraction of sp³-hybridized carbons (Fsp3) is 0.571. The van der Waals surface area contributed by atoms with E-state index in [1.54, 1.807) is 17.1 Å². The molecule has 0 spiro atoms. The smallest absolute Gasteiger partial charge is 0.221 e. The lowest BCUT2D eigenvalue weighted by molar-refractivity contribution is -0.122.